The lowest BCUT2D eigenvalue weighted by atomic mass is 10.2. The Morgan fingerprint density at radius 3 is 2.48 bits per heavy atom. The van der Waals surface area contributed by atoms with Crippen LogP contribution in [0.25, 0.3) is 0 Å². The predicted octanol–water partition coefficient (Wildman–Crippen LogP) is 3.40. The zero-order valence-corrected chi connectivity index (χ0v) is 12.7. The molecule has 2 aromatic carbocycles. The molecule has 0 amide bonds. The molecule has 0 aliphatic heterocycles. The molecular formula is C13H13BrN4O3. The number of benzene rings is 2. The van der Waals surface area contributed by atoms with Gasteiger partial charge in [-0.1, -0.05) is 0 Å². The van der Waals surface area contributed by atoms with Gasteiger partial charge in [0.1, 0.15) is 5.75 Å². The highest BCUT2D eigenvalue weighted by atomic mass is 79.9. The summed E-state index contributed by atoms with van der Waals surface area (Å²) < 4.78 is 5.92. The maximum Gasteiger partial charge on any atom is 0.273 e. The minimum atomic E-state index is -0.476. The number of anilines is 3. The Morgan fingerprint density at radius 2 is 1.90 bits per heavy atom. The number of nitrogen functional groups attached to an aromatic ring is 1. The molecule has 0 radical (unpaired) electrons. The molecule has 0 atom stereocenters. The smallest absolute Gasteiger partial charge is 0.273 e. The molecule has 2 aromatic rings. The van der Waals surface area contributed by atoms with Crippen molar-refractivity contribution in [3.63, 3.8) is 0 Å². The van der Waals surface area contributed by atoms with E-state index in [0.717, 1.165) is 10.2 Å². The van der Waals surface area contributed by atoms with Crippen molar-refractivity contribution in [1.29, 1.82) is 0 Å². The van der Waals surface area contributed by atoms with Gasteiger partial charge < -0.3 is 15.5 Å². The summed E-state index contributed by atoms with van der Waals surface area (Å²) in [6, 6.07) is 9.86. The zero-order chi connectivity index (χ0) is 15.4. The van der Waals surface area contributed by atoms with Crippen LogP contribution in [-0.2, 0) is 0 Å². The third kappa shape index (κ3) is 3.61. The van der Waals surface area contributed by atoms with Crippen molar-refractivity contribution in [1.82, 2.24) is 0 Å². The van der Waals surface area contributed by atoms with Crippen molar-refractivity contribution in [3.05, 3.63) is 51.0 Å². The van der Waals surface area contributed by atoms with E-state index in [-0.39, 0.29) is 5.69 Å². The Kier molecular flexibility index (Phi) is 4.61. The van der Waals surface area contributed by atoms with Gasteiger partial charge in [0.05, 0.1) is 22.2 Å². The molecule has 21 heavy (non-hydrogen) atoms. The van der Waals surface area contributed by atoms with Crippen LogP contribution in [0.15, 0.2) is 40.9 Å². The Hall–Kier alpha value is -2.32. The fourth-order valence-corrected chi connectivity index (χ4v) is 2.32. The lowest BCUT2D eigenvalue weighted by molar-refractivity contribution is -0.384. The third-order valence-corrected chi connectivity index (χ3v) is 3.36. The van der Waals surface area contributed by atoms with Crippen molar-refractivity contribution in [3.8, 4) is 5.75 Å². The highest BCUT2D eigenvalue weighted by Gasteiger charge is 2.10. The molecular weight excluding hydrogens is 340 g/mol. The van der Waals surface area contributed by atoms with Gasteiger partial charge in [-0.15, -0.1) is 0 Å². The lowest BCUT2D eigenvalue weighted by Gasteiger charge is -2.10. The number of nitro benzene ring substituents is 1. The summed E-state index contributed by atoms with van der Waals surface area (Å²) >= 11 is 3.38. The van der Waals surface area contributed by atoms with Gasteiger partial charge in [0, 0.05) is 23.5 Å². The number of ether oxygens (including phenoxy) is 1. The summed E-state index contributed by atoms with van der Waals surface area (Å²) in [5.74, 6) is 6.02. The molecule has 0 spiro atoms. The van der Waals surface area contributed by atoms with Gasteiger partial charge >= 0.3 is 0 Å². The number of halogens is 1. The molecule has 0 heterocycles. The summed E-state index contributed by atoms with van der Waals surface area (Å²) in [6.45, 7) is 0. The van der Waals surface area contributed by atoms with Crippen molar-refractivity contribution >= 4 is 38.7 Å². The molecule has 4 N–H and O–H groups in total. The van der Waals surface area contributed by atoms with Gasteiger partial charge in [-0.05, 0) is 40.2 Å². The summed E-state index contributed by atoms with van der Waals surface area (Å²) in [6.07, 6.45) is 0. The molecule has 7 nitrogen and oxygen atoms in total. The number of methoxy groups -OCH3 is 1. The fraction of sp³-hybridized carbons (Fsp3) is 0.0769. The molecule has 0 saturated heterocycles. The van der Waals surface area contributed by atoms with E-state index < -0.39 is 4.92 Å². The first-order chi connectivity index (χ1) is 10.0. The number of nitrogens with one attached hydrogen (secondary N) is 2. The molecule has 8 heteroatoms. The molecule has 0 aromatic heterocycles. The topological polar surface area (TPSA) is 102 Å². The van der Waals surface area contributed by atoms with E-state index in [1.807, 2.05) is 6.07 Å². The number of nitrogens with zero attached hydrogens (tertiary/aromatic N) is 1. The van der Waals surface area contributed by atoms with E-state index >= 15 is 0 Å². The molecule has 0 aliphatic carbocycles. The largest absolute Gasteiger partial charge is 0.496 e. The molecule has 2 rings (SSSR count). The fourth-order valence-electron chi connectivity index (χ4n) is 1.78. The van der Waals surface area contributed by atoms with Crippen molar-refractivity contribution < 1.29 is 9.66 Å². The molecule has 0 fully saturated rings. The summed E-state index contributed by atoms with van der Waals surface area (Å²) in [7, 11) is 1.58. The number of nitro groups is 1. The van der Waals surface area contributed by atoms with Gasteiger partial charge in [0.25, 0.3) is 5.69 Å². The molecule has 0 unspecified atom stereocenters. The van der Waals surface area contributed by atoms with Crippen molar-refractivity contribution in [2.75, 3.05) is 17.9 Å². The average Bonchev–Trinajstić information content (AvgIpc) is 2.47. The van der Waals surface area contributed by atoms with E-state index in [0.29, 0.717) is 17.1 Å². The zero-order valence-electron chi connectivity index (χ0n) is 11.1. The van der Waals surface area contributed by atoms with Gasteiger partial charge in [-0.2, -0.15) is 0 Å². The third-order valence-electron chi connectivity index (χ3n) is 2.74. The molecule has 0 bridgehead atoms. The Bertz CT molecular complexity index is 678. The summed E-state index contributed by atoms with van der Waals surface area (Å²) in [5.41, 5.74) is 4.10. The standard InChI is InChI=1S/C13H13BrN4O3/c1-21-13-3-2-8(7-12(13)14)16-9-4-10(17-15)6-11(5-9)18(19)20/h2-7,16-17H,15H2,1H3. The maximum atomic E-state index is 10.9. The number of hydrazine groups is 1. The quantitative estimate of drug-likeness (QED) is 0.433. The first-order valence-electron chi connectivity index (χ1n) is 5.90. The SMILES string of the molecule is COc1ccc(Nc2cc(NN)cc([N+](=O)[O-])c2)cc1Br. The monoisotopic (exact) mass is 352 g/mol. The van der Waals surface area contributed by atoms with Crippen LogP contribution in [0, 0.1) is 10.1 Å². The molecule has 110 valence electrons. The number of rotatable bonds is 5. The van der Waals surface area contributed by atoms with Crippen molar-refractivity contribution in [2.24, 2.45) is 5.84 Å². The van der Waals surface area contributed by atoms with Gasteiger partial charge in [0.15, 0.2) is 0 Å². The van der Waals surface area contributed by atoms with Gasteiger partial charge in [0.2, 0.25) is 0 Å². The Morgan fingerprint density at radius 1 is 1.19 bits per heavy atom. The van der Waals surface area contributed by atoms with Crippen LogP contribution >= 0.6 is 15.9 Å². The van der Waals surface area contributed by atoms with Crippen LogP contribution < -0.4 is 21.3 Å². The number of nitrogens with two attached hydrogens (primary N) is 1. The highest BCUT2D eigenvalue weighted by molar-refractivity contribution is 9.10. The minimum Gasteiger partial charge on any atom is -0.496 e. The summed E-state index contributed by atoms with van der Waals surface area (Å²) in [5, 5.41) is 14.0. The van der Waals surface area contributed by atoms with E-state index in [4.69, 9.17) is 10.6 Å². The Balaban J connectivity index is 2.32. The summed E-state index contributed by atoms with van der Waals surface area (Å²) in [4.78, 5) is 10.4. The number of hydrogen-bond donors (Lipinski definition) is 3. The van der Waals surface area contributed by atoms with E-state index in [9.17, 15) is 10.1 Å². The van der Waals surface area contributed by atoms with E-state index in [1.54, 1.807) is 25.3 Å². The first kappa shape index (κ1) is 15.1. The number of non-ortho nitro benzene ring substituents is 1. The van der Waals surface area contributed by atoms with Crippen LogP contribution in [0.2, 0.25) is 0 Å². The first-order valence-corrected chi connectivity index (χ1v) is 6.69. The van der Waals surface area contributed by atoms with Crippen LogP contribution in [0.4, 0.5) is 22.7 Å². The maximum absolute atomic E-state index is 10.9. The van der Waals surface area contributed by atoms with Crippen LogP contribution in [0.5, 0.6) is 5.75 Å². The Labute approximate surface area is 129 Å². The highest BCUT2D eigenvalue weighted by Crippen LogP contribution is 2.31. The van der Waals surface area contributed by atoms with Gasteiger partial charge in [-0.3, -0.25) is 16.0 Å². The normalized spacial score (nSPS) is 10.0. The lowest BCUT2D eigenvalue weighted by Crippen LogP contribution is -2.07. The van der Waals surface area contributed by atoms with Crippen LogP contribution in [0.1, 0.15) is 0 Å². The van der Waals surface area contributed by atoms with Crippen LogP contribution in [-0.4, -0.2) is 12.0 Å². The second kappa shape index (κ2) is 6.42. The predicted molar refractivity (Wildman–Crippen MR) is 84.9 cm³/mol. The average molecular weight is 353 g/mol. The molecule has 0 saturated carbocycles. The second-order valence-electron chi connectivity index (χ2n) is 4.14. The van der Waals surface area contributed by atoms with Gasteiger partial charge in [-0.25, -0.2) is 0 Å². The minimum absolute atomic E-state index is 0.0551. The van der Waals surface area contributed by atoms with E-state index in [1.165, 1.54) is 12.1 Å². The van der Waals surface area contributed by atoms with Crippen molar-refractivity contribution in [2.45, 2.75) is 0 Å². The van der Waals surface area contributed by atoms with E-state index in [2.05, 4.69) is 26.7 Å². The number of hydrogen-bond acceptors (Lipinski definition) is 6. The second-order valence-corrected chi connectivity index (χ2v) is 5.00. The van der Waals surface area contributed by atoms with Crippen LogP contribution in [0.3, 0.4) is 0 Å². The molecule has 0 aliphatic rings.